The molecule has 2 aromatic rings. The van der Waals surface area contributed by atoms with E-state index in [2.05, 4.69) is 5.32 Å². The minimum atomic E-state index is -4.50. The van der Waals surface area contributed by atoms with E-state index in [4.69, 9.17) is 23.2 Å². The first-order valence-electron chi connectivity index (χ1n) is 6.74. The van der Waals surface area contributed by atoms with Crippen LogP contribution in [0.3, 0.4) is 0 Å². The third-order valence-corrected chi connectivity index (χ3v) is 4.58. The molecule has 0 aliphatic rings. The number of hydrogen-bond donors (Lipinski definition) is 1. The molecule has 1 N–H and O–H groups in total. The van der Waals surface area contributed by atoms with E-state index in [0.717, 1.165) is 23.1 Å². The first-order chi connectivity index (χ1) is 11.1. The van der Waals surface area contributed by atoms with Crippen LogP contribution in [-0.2, 0) is 17.5 Å². The lowest BCUT2D eigenvalue weighted by Crippen LogP contribution is -2.29. The van der Waals surface area contributed by atoms with Gasteiger partial charge >= 0.3 is 6.18 Å². The quantitative estimate of drug-likeness (QED) is 0.758. The lowest BCUT2D eigenvalue weighted by Gasteiger charge is -2.16. The monoisotopic (exact) mass is 396 g/mol. The Morgan fingerprint density at radius 1 is 1.25 bits per heavy atom. The second-order valence-electron chi connectivity index (χ2n) is 5.12. The van der Waals surface area contributed by atoms with Crippen molar-refractivity contribution in [2.24, 2.45) is 0 Å². The van der Waals surface area contributed by atoms with Gasteiger partial charge in [-0.1, -0.05) is 23.2 Å². The molecule has 0 aliphatic heterocycles. The fourth-order valence-electron chi connectivity index (χ4n) is 1.99. The molecule has 0 bridgehead atoms. The highest BCUT2D eigenvalue weighted by Crippen LogP contribution is 2.33. The lowest BCUT2D eigenvalue weighted by atomic mass is 10.2. The Bertz CT molecular complexity index is 734. The largest absolute Gasteiger partial charge is 0.416 e. The Morgan fingerprint density at radius 2 is 1.96 bits per heavy atom. The van der Waals surface area contributed by atoms with Crippen molar-refractivity contribution in [3.63, 3.8) is 0 Å². The number of anilines is 1. The van der Waals surface area contributed by atoms with E-state index >= 15 is 0 Å². The number of alkyl halides is 3. The fraction of sp³-hybridized carbons (Fsp3) is 0.267. The van der Waals surface area contributed by atoms with Crippen molar-refractivity contribution in [1.29, 1.82) is 0 Å². The number of halogens is 5. The topological polar surface area (TPSA) is 32.3 Å². The molecule has 2 rings (SSSR count). The maximum absolute atomic E-state index is 12.7. The van der Waals surface area contributed by atoms with Gasteiger partial charge in [-0.05, 0) is 37.4 Å². The Kier molecular flexibility index (Phi) is 6.14. The molecule has 0 aliphatic carbocycles. The summed E-state index contributed by atoms with van der Waals surface area (Å²) in [5, 5.41) is 2.45. The number of nitrogens with one attached hydrogen (secondary N) is 1. The Hall–Kier alpha value is -1.28. The summed E-state index contributed by atoms with van der Waals surface area (Å²) in [6.07, 6.45) is -4.50. The predicted octanol–water partition coefficient (Wildman–Crippen LogP) is 5.14. The van der Waals surface area contributed by atoms with Crippen LogP contribution in [0, 0.1) is 0 Å². The molecule has 1 aromatic heterocycles. The minimum Gasteiger partial charge on any atom is -0.324 e. The van der Waals surface area contributed by atoms with Crippen molar-refractivity contribution in [3.8, 4) is 0 Å². The summed E-state index contributed by atoms with van der Waals surface area (Å²) in [6, 6.07) is 6.41. The summed E-state index contributed by atoms with van der Waals surface area (Å²) in [5.74, 6) is -0.457. The van der Waals surface area contributed by atoms with Gasteiger partial charge in [0.15, 0.2) is 0 Å². The van der Waals surface area contributed by atoms with E-state index < -0.39 is 17.6 Å². The van der Waals surface area contributed by atoms with Crippen molar-refractivity contribution in [2.75, 3.05) is 18.9 Å². The van der Waals surface area contributed by atoms with Gasteiger partial charge in [0.05, 0.1) is 27.2 Å². The van der Waals surface area contributed by atoms with Gasteiger partial charge in [-0.3, -0.25) is 9.69 Å². The first-order valence-corrected chi connectivity index (χ1v) is 8.32. The maximum Gasteiger partial charge on any atom is 0.416 e. The van der Waals surface area contributed by atoms with Crippen LogP contribution in [0.5, 0.6) is 0 Å². The molecule has 1 heterocycles. The average molecular weight is 397 g/mol. The highest BCUT2D eigenvalue weighted by atomic mass is 35.5. The van der Waals surface area contributed by atoms with Crippen molar-refractivity contribution < 1.29 is 18.0 Å². The van der Waals surface area contributed by atoms with Gasteiger partial charge in [-0.2, -0.15) is 13.2 Å². The van der Waals surface area contributed by atoms with Gasteiger partial charge in [0.1, 0.15) is 0 Å². The molecule has 0 unspecified atom stereocenters. The van der Waals surface area contributed by atoms with Gasteiger partial charge in [0, 0.05) is 11.4 Å². The smallest absolute Gasteiger partial charge is 0.324 e. The number of benzene rings is 1. The number of likely N-dealkylation sites (N-methyl/N-ethyl adjacent to an activating group) is 1. The van der Waals surface area contributed by atoms with Gasteiger partial charge in [0.2, 0.25) is 5.91 Å². The summed E-state index contributed by atoms with van der Waals surface area (Å²) in [5.41, 5.74) is -0.937. The zero-order valence-corrected chi connectivity index (χ0v) is 14.8. The third-order valence-electron chi connectivity index (χ3n) is 3.04. The highest BCUT2D eigenvalue weighted by molar-refractivity contribution is 7.16. The van der Waals surface area contributed by atoms with Crippen LogP contribution < -0.4 is 5.32 Å². The average Bonchev–Trinajstić information content (AvgIpc) is 2.84. The Balaban J connectivity index is 1.99. The molecule has 0 atom stereocenters. The number of rotatable bonds is 5. The van der Waals surface area contributed by atoms with Crippen molar-refractivity contribution in [3.05, 3.63) is 50.1 Å². The predicted molar refractivity (Wildman–Crippen MR) is 90.7 cm³/mol. The molecule has 0 fully saturated rings. The summed E-state index contributed by atoms with van der Waals surface area (Å²) >= 11 is 13.1. The van der Waals surface area contributed by atoms with Crippen molar-refractivity contribution in [2.45, 2.75) is 12.7 Å². The number of thiophene rings is 1. The fourth-order valence-corrected chi connectivity index (χ4v) is 3.32. The zero-order valence-electron chi connectivity index (χ0n) is 12.5. The molecule has 0 spiro atoms. The maximum atomic E-state index is 12.7. The van der Waals surface area contributed by atoms with Crippen LogP contribution in [0.25, 0.3) is 0 Å². The molecule has 0 saturated heterocycles. The Labute approximate surface area is 151 Å². The van der Waals surface area contributed by atoms with Crippen LogP contribution in [-0.4, -0.2) is 24.4 Å². The molecule has 1 amide bonds. The summed E-state index contributed by atoms with van der Waals surface area (Å²) < 4.78 is 38.8. The number of hydrogen-bond acceptors (Lipinski definition) is 3. The normalized spacial score (nSPS) is 11.8. The van der Waals surface area contributed by atoms with Crippen molar-refractivity contribution in [1.82, 2.24) is 4.90 Å². The van der Waals surface area contributed by atoms with Crippen LogP contribution in [0.1, 0.15) is 10.4 Å². The number of carbonyl (C=O) groups is 1. The standard InChI is InChI=1S/C15H13Cl2F3N2OS/c1-22(7-10-3-5-13(17)24-10)8-14(23)21-12-6-9(15(18,19)20)2-4-11(12)16/h2-6H,7-8H2,1H3,(H,21,23). The first kappa shape index (κ1) is 19.1. The Morgan fingerprint density at radius 3 is 2.54 bits per heavy atom. The molecule has 0 radical (unpaired) electrons. The van der Waals surface area contributed by atoms with Gasteiger partial charge < -0.3 is 5.32 Å². The number of amides is 1. The molecule has 0 saturated carbocycles. The molecule has 9 heteroatoms. The van der Waals surface area contributed by atoms with E-state index in [1.165, 1.54) is 11.3 Å². The summed E-state index contributed by atoms with van der Waals surface area (Å²) in [6.45, 7) is 0.503. The summed E-state index contributed by atoms with van der Waals surface area (Å²) in [7, 11) is 1.72. The van der Waals surface area contributed by atoms with Crippen LogP contribution in [0.2, 0.25) is 9.36 Å². The molecule has 3 nitrogen and oxygen atoms in total. The second-order valence-corrected chi connectivity index (χ2v) is 7.33. The third kappa shape index (κ3) is 5.37. The van der Waals surface area contributed by atoms with Crippen LogP contribution >= 0.6 is 34.5 Å². The molecule has 130 valence electrons. The molecule has 1 aromatic carbocycles. The zero-order chi connectivity index (χ0) is 17.9. The van der Waals surface area contributed by atoms with Gasteiger partial charge in [-0.15, -0.1) is 11.3 Å². The lowest BCUT2D eigenvalue weighted by molar-refractivity contribution is -0.137. The second kappa shape index (κ2) is 7.74. The highest BCUT2D eigenvalue weighted by Gasteiger charge is 2.31. The van der Waals surface area contributed by atoms with E-state index in [0.29, 0.717) is 10.9 Å². The van der Waals surface area contributed by atoms with E-state index in [9.17, 15) is 18.0 Å². The summed E-state index contributed by atoms with van der Waals surface area (Å²) in [4.78, 5) is 14.7. The van der Waals surface area contributed by atoms with E-state index in [1.54, 1.807) is 18.0 Å². The van der Waals surface area contributed by atoms with Gasteiger partial charge in [0.25, 0.3) is 0 Å². The molecular formula is C15H13Cl2F3N2OS. The number of carbonyl (C=O) groups excluding carboxylic acids is 1. The number of nitrogens with zero attached hydrogens (tertiary/aromatic N) is 1. The SMILES string of the molecule is CN(CC(=O)Nc1cc(C(F)(F)F)ccc1Cl)Cc1ccc(Cl)s1. The van der Waals surface area contributed by atoms with Crippen LogP contribution in [0.4, 0.5) is 18.9 Å². The van der Waals surface area contributed by atoms with Crippen molar-refractivity contribution >= 4 is 46.1 Å². The van der Waals surface area contributed by atoms with E-state index in [1.807, 2.05) is 6.07 Å². The van der Waals surface area contributed by atoms with Gasteiger partial charge in [-0.25, -0.2) is 0 Å². The minimum absolute atomic E-state index is 0.00208. The van der Waals surface area contributed by atoms with Crippen LogP contribution in [0.15, 0.2) is 30.3 Å². The molecule has 24 heavy (non-hydrogen) atoms. The molecular weight excluding hydrogens is 384 g/mol. The van der Waals surface area contributed by atoms with E-state index in [-0.39, 0.29) is 17.3 Å².